The number of rotatable bonds is 10. The molecule has 20 heavy (non-hydrogen) atoms. The van der Waals surface area contributed by atoms with Crippen LogP contribution >= 0.6 is 0 Å². The summed E-state index contributed by atoms with van der Waals surface area (Å²) in [5.41, 5.74) is 6.37. The summed E-state index contributed by atoms with van der Waals surface area (Å²) in [6, 6.07) is 3.64. The maximum atomic E-state index is 5.81. The van der Waals surface area contributed by atoms with Gasteiger partial charge in [0.1, 0.15) is 5.82 Å². The molecule has 0 bridgehead atoms. The van der Waals surface area contributed by atoms with E-state index in [0.717, 1.165) is 25.4 Å². The van der Waals surface area contributed by atoms with Crippen molar-refractivity contribution in [1.82, 2.24) is 9.88 Å². The van der Waals surface area contributed by atoms with Gasteiger partial charge >= 0.3 is 0 Å². The number of likely N-dealkylation sites (N-methyl/N-ethyl adjacent to an activating group) is 1. The molecule has 0 saturated heterocycles. The summed E-state index contributed by atoms with van der Waals surface area (Å²) < 4.78 is 11.0. The normalized spacial score (nSPS) is 10.8. The molecule has 0 atom stereocenters. The van der Waals surface area contributed by atoms with E-state index >= 15 is 0 Å². The molecule has 6 nitrogen and oxygen atoms in total. The predicted octanol–water partition coefficient (Wildman–Crippen LogP) is 1.44. The third-order valence-corrected chi connectivity index (χ3v) is 2.57. The number of hydrogen-bond donors (Lipinski definition) is 2. The second-order valence-corrected chi connectivity index (χ2v) is 4.78. The van der Waals surface area contributed by atoms with Crippen LogP contribution in [0.25, 0.3) is 0 Å². The molecular formula is C14H26N4O2. The van der Waals surface area contributed by atoms with E-state index in [1.165, 1.54) is 0 Å². The molecule has 0 aliphatic rings. The second kappa shape index (κ2) is 9.39. The molecule has 0 aromatic carbocycles. The predicted molar refractivity (Wildman–Crippen MR) is 82.3 cm³/mol. The number of anilines is 2. The zero-order chi connectivity index (χ0) is 14.8. The van der Waals surface area contributed by atoms with Crippen LogP contribution in [0, 0.1) is 0 Å². The molecule has 114 valence electrons. The SMILES string of the molecule is CCCOc1nc(NCCOCCN(C)C)ccc1N. The molecule has 1 heterocycles. The average molecular weight is 282 g/mol. The molecule has 6 heteroatoms. The van der Waals surface area contributed by atoms with Crippen molar-refractivity contribution in [3.63, 3.8) is 0 Å². The van der Waals surface area contributed by atoms with Crippen LogP contribution in [0.2, 0.25) is 0 Å². The highest BCUT2D eigenvalue weighted by Crippen LogP contribution is 2.20. The quantitative estimate of drug-likeness (QED) is 0.633. The van der Waals surface area contributed by atoms with Crippen LogP contribution in [-0.2, 0) is 4.74 Å². The fourth-order valence-electron chi connectivity index (χ4n) is 1.46. The largest absolute Gasteiger partial charge is 0.476 e. The first kappa shape index (κ1) is 16.5. The lowest BCUT2D eigenvalue weighted by Gasteiger charge is -2.12. The summed E-state index contributed by atoms with van der Waals surface area (Å²) in [7, 11) is 4.05. The first-order valence-corrected chi connectivity index (χ1v) is 6.99. The minimum Gasteiger partial charge on any atom is -0.476 e. The van der Waals surface area contributed by atoms with Gasteiger partial charge in [0, 0.05) is 13.1 Å². The Balaban J connectivity index is 2.29. The van der Waals surface area contributed by atoms with Crippen molar-refractivity contribution in [2.75, 3.05) is 58.1 Å². The van der Waals surface area contributed by atoms with Crippen LogP contribution in [0.15, 0.2) is 12.1 Å². The van der Waals surface area contributed by atoms with E-state index in [4.69, 9.17) is 15.2 Å². The van der Waals surface area contributed by atoms with Gasteiger partial charge in [0.05, 0.1) is 25.5 Å². The van der Waals surface area contributed by atoms with Gasteiger partial charge in [-0.1, -0.05) is 6.92 Å². The van der Waals surface area contributed by atoms with Gasteiger partial charge in [-0.2, -0.15) is 4.98 Å². The van der Waals surface area contributed by atoms with Crippen molar-refractivity contribution in [2.24, 2.45) is 0 Å². The van der Waals surface area contributed by atoms with Crippen LogP contribution in [0.4, 0.5) is 11.5 Å². The highest BCUT2D eigenvalue weighted by atomic mass is 16.5. The number of nitrogen functional groups attached to an aromatic ring is 1. The fourth-order valence-corrected chi connectivity index (χ4v) is 1.46. The van der Waals surface area contributed by atoms with Gasteiger partial charge in [0.2, 0.25) is 5.88 Å². The van der Waals surface area contributed by atoms with E-state index in [-0.39, 0.29) is 0 Å². The molecule has 0 radical (unpaired) electrons. The first-order valence-electron chi connectivity index (χ1n) is 6.99. The number of pyridine rings is 1. The summed E-state index contributed by atoms with van der Waals surface area (Å²) in [5.74, 6) is 1.24. The Bertz CT molecular complexity index is 385. The Kier molecular flexibility index (Phi) is 7.75. The molecule has 0 fully saturated rings. The van der Waals surface area contributed by atoms with Crippen LogP contribution < -0.4 is 15.8 Å². The summed E-state index contributed by atoms with van der Waals surface area (Å²) >= 11 is 0. The van der Waals surface area contributed by atoms with Crippen molar-refractivity contribution < 1.29 is 9.47 Å². The van der Waals surface area contributed by atoms with E-state index < -0.39 is 0 Å². The Morgan fingerprint density at radius 2 is 2.05 bits per heavy atom. The number of hydrogen-bond acceptors (Lipinski definition) is 6. The Morgan fingerprint density at radius 1 is 1.25 bits per heavy atom. The van der Waals surface area contributed by atoms with Crippen LogP contribution in [0.1, 0.15) is 13.3 Å². The van der Waals surface area contributed by atoms with Crippen LogP contribution in [0.5, 0.6) is 5.88 Å². The lowest BCUT2D eigenvalue weighted by molar-refractivity contribution is 0.126. The number of nitrogens with zero attached hydrogens (tertiary/aromatic N) is 2. The van der Waals surface area contributed by atoms with Crippen molar-refractivity contribution in [3.8, 4) is 5.88 Å². The van der Waals surface area contributed by atoms with E-state index in [0.29, 0.717) is 31.3 Å². The van der Waals surface area contributed by atoms with Crippen LogP contribution in [-0.4, -0.2) is 56.9 Å². The fraction of sp³-hybridized carbons (Fsp3) is 0.643. The molecule has 0 aliphatic carbocycles. The Morgan fingerprint density at radius 3 is 2.75 bits per heavy atom. The number of ether oxygens (including phenoxy) is 2. The topological polar surface area (TPSA) is 72.6 Å². The van der Waals surface area contributed by atoms with Gasteiger partial charge in [-0.05, 0) is 32.6 Å². The van der Waals surface area contributed by atoms with E-state index in [9.17, 15) is 0 Å². The molecule has 3 N–H and O–H groups in total. The Labute approximate surface area is 121 Å². The van der Waals surface area contributed by atoms with Crippen molar-refractivity contribution in [3.05, 3.63) is 12.1 Å². The number of nitrogens with one attached hydrogen (secondary N) is 1. The van der Waals surface area contributed by atoms with E-state index in [2.05, 4.69) is 15.2 Å². The van der Waals surface area contributed by atoms with Crippen molar-refractivity contribution >= 4 is 11.5 Å². The van der Waals surface area contributed by atoms with Gasteiger partial charge < -0.3 is 25.4 Å². The van der Waals surface area contributed by atoms with Gasteiger partial charge in [0.15, 0.2) is 0 Å². The summed E-state index contributed by atoms with van der Waals surface area (Å²) in [5, 5.41) is 3.19. The summed E-state index contributed by atoms with van der Waals surface area (Å²) in [6.45, 7) is 5.67. The van der Waals surface area contributed by atoms with Gasteiger partial charge in [-0.25, -0.2) is 0 Å². The maximum absolute atomic E-state index is 5.81. The zero-order valence-electron chi connectivity index (χ0n) is 12.7. The minimum absolute atomic E-state index is 0.491. The van der Waals surface area contributed by atoms with Gasteiger partial charge in [-0.15, -0.1) is 0 Å². The number of nitrogens with two attached hydrogens (primary N) is 1. The molecule has 0 saturated carbocycles. The highest BCUT2D eigenvalue weighted by molar-refractivity contribution is 5.53. The van der Waals surface area contributed by atoms with Crippen molar-refractivity contribution in [1.29, 1.82) is 0 Å². The standard InChI is InChI=1S/C14H26N4O2/c1-4-9-20-14-12(15)5-6-13(17-14)16-7-10-19-11-8-18(2)3/h5-6H,4,7-11,15H2,1-3H3,(H,16,17). The molecule has 1 aromatic heterocycles. The third-order valence-electron chi connectivity index (χ3n) is 2.57. The maximum Gasteiger partial charge on any atom is 0.239 e. The molecular weight excluding hydrogens is 256 g/mol. The van der Waals surface area contributed by atoms with Crippen LogP contribution in [0.3, 0.4) is 0 Å². The highest BCUT2D eigenvalue weighted by Gasteiger charge is 2.03. The monoisotopic (exact) mass is 282 g/mol. The minimum atomic E-state index is 0.491. The van der Waals surface area contributed by atoms with Gasteiger partial charge in [0.25, 0.3) is 0 Å². The molecule has 0 amide bonds. The number of aromatic nitrogens is 1. The van der Waals surface area contributed by atoms with Gasteiger partial charge in [-0.3, -0.25) is 0 Å². The smallest absolute Gasteiger partial charge is 0.239 e. The second-order valence-electron chi connectivity index (χ2n) is 4.78. The first-order chi connectivity index (χ1) is 9.63. The van der Waals surface area contributed by atoms with E-state index in [1.807, 2.05) is 27.1 Å². The third kappa shape index (κ3) is 6.58. The van der Waals surface area contributed by atoms with E-state index in [1.54, 1.807) is 6.07 Å². The summed E-state index contributed by atoms with van der Waals surface area (Å²) in [6.07, 6.45) is 0.929. The molecule has 0 unspecified atom stereocenters. The zero-order valence-corrected chi connectivity index (χ0v) is 12.7. The van der Waals surface area contributed by atoms with Crippen molar-refractivity contribution in [2.45, 2.75) is 13.3 Å². The lowest BCUT2D eigenvalue weighted by Crippen LogP contribution is -2.20. The molecule has 0 spiro atoms. The Hall–Kier alpha value is -1.53. The molecule has 1 rings (SSSR count). The average Bonchev–Trinajstić information content (AvgIpc) is 2.42. The molecule has 0 aliphatic heterocycles. The lowest BCUT2D eigenvalue weighted by atomic mass is 10.4. The summed E-state index contributed by atoms with van der Waals surface area (Å²) in [4.78, 5) is 6.42. The molecule has 1 aromatic rings.